The van der Waals surface area contributed by atoms with Gasteiger partial charge in [-0.2, -0.15) is 4.31 Å². The van der Waals surface area contributed by atoms with Gasteiger partial charge in [0.1, 0.15) is 13.2 Å². The van der Waals surface area contributed by atoms with E-state index in [4.69, 9.17) is 9.47 Å². The van der Waals surface area contributed by atoms with E-state index in [1.807, 2.05) is 31.2 Å². The van der Waals surface area contributed by atoms with Crippen molar-refractivity contribution >= 4 is 15.9 Å². The molecule has 1 heterocycles. The molecule has 4 rings (SSSR count). The predicted octanol–water partition coefficient (Wildman–Crippen LogP) is 0.389. The molecule has 0 bridgehead atoms. The van der Waals surface area contributed by atoms with Crippen LogP contribution in [0.5, 0.6) is 11.5 Å². The predicted molar refractivity (Wildman–Crippen MR) is 122 cm³/mol. The molecule has 172 valence electrons. The molecular weight excluding hydrogens is 467 g/mol. The molecule has 0 unspecified atom stereocenters. The van der Waals surface area contributed by atoms with Crippen LogP contribution in [0.15, 0.2) is 71.6 Å². The maximum Gasteiger partial charge on any atom is 1.00 e. The molecule has 3 aromatic carbocycles. The average molecular weight is 491 g/mol. The Morgan fingerprint density at radius 2 is 1.65 bits per heavy atom. The van der Waals surface area contributed by atoms with E-state index in [1.54, 1.807) is 18.2 Å². The summed E-state index contributed by atoms with van der Waals surface area (Å²) in [6.07, 6.45) is 0. The first-order valence-corrected chi connectivity index (χ1v) is 11.8. The summed E-state index contributed by atoms with van der Waals surface area (Å²) in [5, 5.41) is 10.6. The van der Waals surface area contributed by atoms with Crippen LogP contribution in [0.1, 0.15) is 27.0 Å². The van der Waals surface area contributed by atoms with Crippen LogP contribution in [0.3, 0.4) is 0 Å². The number of sulfonamides is 1. The Balaban J connectivity index is 0.00000324. The Bertz CT molecular complexity index is 1260. The number of benzene rings is 3. The second-order valence-corrected chi connectivity index (χ2v) is 9.57. The molecule has 0 saturated carbocycles. The summed E-state index contributed by atoms with van der Waals surface area (Å²) in [5.41, 5.74) is 4.06. The fraction of sp³-hybridized carbons (Fsp3) is 0.208. The number of nitrogens with one attached hydrogen (secondary N) is 1. The van der Waals surface area contributed by atoms with Crippen LogP contribution in [-0.2, 0) is 23.1 Å². The van der Waals surface area contributed by atoms with Gasteiger partial charge in [-0.15, -0.1) is 0 Å². The third-order valence-electron chi connectivity index (χ3n) is 5.43. The molecule has 1 aliphatic rings. The van der Waals surface area contributed by atoms with Crippen molar-refractivity contribution < 1.29 is 52.2 Å². The van der Waals surface area contributed by atoms with Crippen molar-refractivity contribution in [3.8, 4) is 11.5 Å². The summed E-state index contributed by atoms with van der Waals surface area (Å²) in [4.78, 5) is 11.6. The molecule has 0 spiro atoms. The second kappa shape index (κ2) is 11.4. The zero-order valence-corrected chi connectivity index (χ0v) is 21.8. The minimum atomic E-state index is -3.91. The largest absolute Gasteiger partial charge is 1.00 e. The third kappa shape index (κ3) is 5.80. The first kappa shape index (κ1) is 26.2. The molecular formula is C24H23N2NaO6S. The van der Waals surface area contributed by atoms with Gasteiger partial charge in [0.2, 0.25) is 15.9 Å². The summed E-state index contributed by atoms with van der Waals surface area (Å²) >= 11 is 0. The summed E-state index contributed by atoms with van der Waals surface area (Å²) in [6, 6.07) is 18.4. The number of hydroxylamine groups is 1. The average Bonchev–Trinajstić information content (AvgIpc) is 2.84. The van der Waals surface area contributed by atoms with Crippen molar-refractivity contribution in [3.05, 3.63) is 94.2 Å². The van der Waals surface area contributed by atoms with Crippen molar-refractivity contribution in [1.82, 2.24) is 9.79 Å². The second-order valence-electron chi connectivity index (χ2n) is 7.63. The van der Waals surface area contributed by atoms with Crippen molar-refractivity contribution in [2.24, 2.45) is 0 Å². The van der Waals surface area contributed by atoms with Gasteiger partial charge in [0.05, 0.1) is 4.90 Å². The van der Waals surface area contributed by atoms with Crippen LogP contribution in [0.2, 0.25) is 0 Å². The molecule has 1 amide bonds. The van der Waals surface area contributed by atoms with Gasteiger partial charge < -0.3 is 20.2 Å². The van der Waals surface area contributed by atoms with Crippen molar-refractivity contribution in [3.63, 3.8) is 0 Å². The standard InChI is InChI=1S/C24H23N2O6S.Na/c1-17-4-2-3-5-20(17)16-26(15-18-6-8-19(9-7-18)24(27)25-28)33(29,30)21-10-11-22-23(14-21)32-13-12-31-22;/h2-11,14H,12-13,15-16H2,1H3,(H-,25,27,28);/q-1;+1. The van der Waals surface area contributed by atoms with Gasteiger partial charge in [0, 0.05) is 24.7 Å². The van der Waals surface area contributed by atoms with Gasteiger partial charge in [-0.1, -0.05) is 36.4 Å². The number of amides is 1. The van der Waals surface area contributed by atoms with Crippen molar-refractivity contribution in [2.75, 3.05) is 13.2 Å². The first-order chi connectivity index (χ1) is 15.9. The molecule has 3 aromatic rings. The van der Waals surface area contributed by atoms with Gasteiger partial charge in [0.15, 0.2) is 11.5 Å². The van der Waals surface area contributed by atoms with E-state index in [0.29, 0.717) is 30.3 Å². The molecule has 34 heavy (non-hydrogen) atoms. The van der Waals surface area contributed by atoms with Crippen LogP contribution in [0, 0.1) is 12.1 Å². The van der Waals surface area contributed by atoms with E-state index in [2.05, 4.69) is 0 Å². The van der Waals surface area contributed by atoms with Crippen molar-refractivity contribution in [2.45, 2.75) is 24.9 Å². The number of ether oxygens (including phenoxy) is 2. The number of aryl methyl sites for hydroxylation is 1. The number of nitrogens with zero attached hydrogens (tertiary/aromatic N) is 1. The number of carbonyl (C=O) groups excluding carboxylic acids is 1. The summed E-state index contributed by atoms with van der Waals surface area (Å²) < 4.78 is 39.8. The Morgan fingerprint density at radius 1 is 0.971 bits per heavy atom. The molecule has 0 aliphatic carbocycles. The number of hydrogen-bond acceptors (Lipinski definition) is 6. The van der Waals surface area contributed by atoms with Gasteiger partial charge in [0.25, 0.3) is 0 Å². The van der Waals surface area contributed by atoms with E-state index in [0.717, 1.165) is 11.1 Å². The van der Waals surface area contributed by atoms with E-state index < -0.39 is 15.9 Å². The molecule has 10 heteroatoms. The van der Waals surface area contributed by atoms with E-state index in [1.165, 1.54) is 34.1 Å². The van der Waals surface area contributed by atoms with Gasteiger partial charge in [-0.05, 0) is 47.9 Å². The number of rotatable bonds is 7. The zero-order chi connectivity index (χ0) is 23.4. The van der Waals surface area contributed by atoms with Gasteiger partial charge in [-0.25, -0.2) is 8.42 Å². The molecule has 8 nitrogen and oxygen atoms in total. The minimum absolute atomic E-state index is 0. The number of fused-ring (bicyclic) bond motifs is 1. The summed E-state index contributed by atoms with van der Waals surface area (Å²) in [7, 11) is -3.91. The van der Waals surface area contributed by atoms with Crippen LogP contribution < -0.4 is 44.5 Å². The molecule has 1 aliphatic heterocycles. The normalized spacial score (nSPS) is 12.7. The minimum Gasteiger partial charge on any atom is -0.759 e. The third-order valence-corrected chi connectivity index (χ3v) is 7.21. The van der Waals surface area contributed by atoms with Crippen LogP contribution in [-0.4, -0.2) is 31.8 Å². The summed E-state index contributed by atoms with van der Waals surface area (Å²) in [5.74, 6) is 0.159. The fourth-order valence-corrected chi connectivity index (χ4v) is 4.98. The molecule has 1 N–H and O–H groups in total. The zero-order valence-electron chi connectivity index (χ0n) is 19.0. The van der Waals surface area contributed by atoms with Gasteiger partial charge in [-0.3, -0.25) is 4.79 Å². The Morgan fingerprint density at radius 3 is 2.32 bits per heavy atom. The Labute approximate surface area is 220 Å². The molecule has 0 atom stereocenters. The maximum absolute atomic E-state index is 13.7. The Kier molecular flexibility index (Phi) is 8.75. The van der Waals surface area contributed by atoms with Crippen LogP contribution in [0.4, 0.5) is 0 Å². The van der Waals surface area contributed by atoms with Crippen LogP contribution >= 0.6 is 0 Å². The molecule has 0 saturated heterocycles. The molecule has 0 aromatic heterocycles. The SMILES string of the molecule is Cc1ccccc1CN(Cc1ccc(C(=O)N[O-])cc1)S(=O)(=O)c1ccc2c(c1)OCCO2.[Na+]. The topological polar surface area (TPSA) is 108 Å². The van der Waals surface area contributed by atoms with E-state index >= 15 is 0 Å². The van der Waals surface area contributed by atoms with E-state index in [9.17, 15) is 18.4 Å². The maximum atomic E-state index is 13.7. The van der Waals surface area contributed by atoms with Crippen LogP contribution in [0.25, 0.3) is 0 Å². The molecule has 0 radical (unpaired) electrons. The van der Waals surface area contributed by atoms with Gasteiger partial charge >= 0.3 is 29.6 Å². The summed E-state index contributed by atoms with van der Waals surface area (Å²) in [6.45, 7) is 2.93. The quantitative estimate of drug-likeness (QED) is 0.379. The number of carbonyl (C=O) groups is 1. The smallest absolute Gasteiger partial charge is 0.759 e. The molecule has 0 fully saturated rings. The monoisotopic (exact) mass is 490 g/mol. The fourth-order valence-electron chi connectivity index (χ4n) is 3.56. The Hall–Kier alpha value is -2.40. The van der Waals surface area contributed by atoms with Crippen molar-refractivity contribution in [1.29, 1.82) is 0 Å². The van der Waals surface area contributed by atoms with E-state index in [-0.39, 0.29) is 53.1 Å². The first-order valence-electron chi connectivity index (χ1n) is 10.3. The number of hydrogen-bond donors (Lipinski definition) is 1.